The molecule has 0 amide bonds. The highest BCUT2D eigenvalue weighted by Crippen LogP contribution is 2.30. The van der Waals surface area contributed by atoms with Gasteiger partial charge in [-0.2, -0.15) is 0 Å². The van der Waals surface area contributed by atoms with Gasteiger partial charge >= 0.3 is 5.69 Å². The predicted octanol–water partition coefficient (Wildman–Crippen LogP) is 3.15. The SMILES string of the molecule is C#CCCCOc1ccc(Br)cc1[N+](=O)[O-]. The Labute approximate surface area is 102 Å². The van der Waals surface area contributed by atoms with Gasteiger partial charge < -0.3 is 4.74 Å². The molecule has 0 radical (unpaired) electrons. The number of unbranched alkanes of at least 4 members (excludes halogenated alkanes) is 1. The highest BCUT2D eigenvalue weighted by molar-refractivity contribution is 9.10. The van der Waals surface area contributed by atoms with Crippen molar-refractivity contribution >= 4 is 21.6 Å². The maximum Gasteiger partial charge on any atom is 0.312 e. The summed E-state index contributed by atoms with van der Waals surface area (Å²) in [5.41, 5.74) is -0.0462. The molecule has 1 aromatic carbocycles. The molecule has 0 bridgehead atoms. The Morgan fingerprint density at radius 2 is 2.31 bits per heavy atom. The first-order chi connectivity index (χ1) is 7.65. The molecule has 0 saturated carbocycles. The Bertz CT molecular complexity index is 426. The highest BCUT2D eigenvalue weighted by Gasteiger charge is 2.14. The third-order valence-electron chi connectivity index (χ3n) is 1.84. The molecule has 0 aliphatic carbocycles. The van der Waals surface area contributed by atoms with Crippen molar-refractivity contribution in [3.05, 3.63) is 32.8 Å². The van der Waals surface area contributed by atoms with Crippen molar-refractivity contribution in [3.8, 4) is 18.1 Å². The quantitative estimate of drug-likeness (QED) is 0.361. The van der Waals surface area contributed by atoms with E-state index in [2.05, 4.69) is 21.9 Å². The maximum atomic E-state index is 10.7. The predicted molar refractivity (Wildman–Crippen MR) is 64.4 cm³/mol. The Balaban J connectivity index is 2.72. The molecular formula is C11H10BrNO3. The number of terminal acetylenes is 1. The molecule has 16 heavy (non-hydrogen) atoms. The molecule has 0 N–H and O–H groups in total. The number of hydrogen-bond acceptors (Lipinski definition) is 3. The fourth-order valence-electron chi connectivity index (χ4n) is 1.11. The number of halogens is 1. The molecule has 0 atom stereocenters. The first-order valence-corrected chi connectivity index (χ1v) is 5.44. The summed E-state index contributed by atoms with van der Waals surface area (Å²) < 4.78 is 5.95. The largest absolute Gasteiger partial charge is 0.487 e. The van der Waals surface area contributed by atoms with Gasteiger partial charge in [0.2, 0.25) is 0 Å². The van der Waals surface area contributed by atoms with Gasteiger partial charge in [0, 0.05) is 17.0 Å². The molecule has 0 aromatic heterocycles. The van der Waals surface area contributed by atoms with Crippen molar-refractivity contribution < 1.29 is 9.66 Å². The second kappa shape index (κ2) is 6.13. The van der Waals surface area contributed by atoms with Crippen molar-refractivity contribution in [3.63, 3.8) is 0 Å². The van der Waals surface area contributed by atoms with Crippen LogP contribution in [0.1, 0.15) is 12.8 Å². The van der Waals surface area contributed by atoms with E-state index in [1.54, 1.807) is 12.1 Å². The van der Waals surface area contributed by atoms with E-state index in [-0.39, 0.29) is 11.4 Å². The molecule has 0 unspecified atom stereocenters. The lowest BCUT2D eigenvalue weighted by Crippen LogP contribution is -2.00. The van der Waals surface area contributed by atoms with E-state index in [0.717, 1.165) is 0 Å². The third-order valence-corrected chi connectivity index (χ3v) is 2.33. The number of nitrogens with zero attached hydrogens (tertiary/aromatic N) is 1. The monoisotopic (exact) mass is 283 g/mol. The van der Waals surface area contributed by atoms with Crippen molar-refractivity contribution in [1.82, 2.24) is 0 Å². The van der Waals surface area contributed by atoms with E-state index < -0.39 is 4.92 Å². The zero-order valence-corrected chi connectivity index (χ0v) is 10.1. The van der Waals surface area contributed by atoms with E-state index in [9.17, 15) is 10.1 Å². The first-order valence-electron chi connectivity index (χ1n) is 4.65. The number of nitro groups is 1. The molecule has 0 aliphatic rings. The van der Waals surface area contributed by atoms with Gasteiger partial charge in [0.25, 0.3) is 0 Å². The number of ether oxygens (including phenoxy) is 1. The Morgan fingerprint density at radius 1 is 1.56 bits per heavy atom. The van der Waals surface area contributed by atoms with Crippen LogP contribution in [-0.4, -0.2) is 11.5 Å². The van der Waals surface area contributed by atoms with Crippen LogP contribution in [0.25, 0.3) is 0 Å². The summed E-state index contributed by atoms with van der Waals surface area (Å²) >= 11 is 3.17. The summed E-state index contributed by atoms with van der Waals surface area (Å²) in [5, 5.41) is 10.7. The lowest BCUT2D eigenvalue weighted by molar-refractivity contribution is -0.385. The molecule has 1 aromatic rings. The number of rotatable bonds is 5. The minimum Gasteiger partial charge on any atom is -0.487 e. The van der Waals surface area contributed by atoms with Gasteiger partial charge in [0.05, 0.1) is 11.5 Å². The minimum absolute atomic E-state index is 0.0462. The van der Waals surface area contributed by atoms with Gasteiger partial charge in [-0.15, -0.1) is 12.3 Å². The van der Waals surface area contributed by atoms with Crippen LogP contribution in [0.2, 0.25) is 0 Å². The van der Waals surface area contributed by atoms with Crippen LogP contribution in [0.15, 0.2) is 22.7 Å². The van der Waals surface area contributed by atoms with Crippen LogP contribution in [0, 0.1) is 22.5 Å². The van der Waals surface area contributed by atoms with Crippen LogP contribution < -0.4 is 4.74 Å². The van der Waals surface area contributed by atoms with Gasteiger partial charge in [0.15, 0.2) is 5.75 Å². The summed E-state index contributed by atoms with van der Waals surface area (Å²) in [5.74, 6) is 2.75. The third kappa shape index (κ3) is 3.55. The first kappa shape index (κ1) is 12.5. The number of hydrogen-bond donors (Lipinski definition) is 0. The van der Waals surface area contributed by atoms with E-state index >= 15 is 0 Å². The van der Waals surface area contributed by atoms with Crippen molar-refractivity contribution in [1.29, 1.82) is 0 Å². The maximum absolute atomic E-state index is 10.7. The molecule has 0 spiro atoms. The molecule has 0 heterocycles. The van der Waals surface area contributed by atoms with E-state index in [1.807, 2.05) is 0 Å². The highest BCUT2D eigenvalue weighted by atomic mass is 79.9. The van der Waals surface area contributed by atoms with E-state index in [4.69, 9.17) is 11.2 Å². The second-order valence-electron chi connectivity index (χ2n) is 3.03. The minimum atomic E-state index is -0.471. The van der Waals surface area contributed by atoms with Crippen molar-refractivity contribution in [2.24, 2.45) is 0 Å². The molecular weight excluding hydrogens is 274 g/mol. The number of nitro benzene ring substituents is 1. The lowest BCUT2D eigenvalue weighted by Gasteiger charge is -2.05. The van der Waals surface area contributed by atoms with Gasteiger partial charge in [-0.05, 0) is 18.6 Å². The standard InChI is InChI=1S/C11H10BrNO3/c1-2-3-4-7-16-11-6-5-9(12)8-10(11)13(14)15/h1,5-6,8H,3-4,7H2. The van der Waals surface area contributed by atoms with Crippen molar-refractivity contribution in [2.75, 3.05) is 6.61 Å². The smallest absolute Gasteiger partial charge is 0.312 e. The molecule has 4 nitrogen and oxygen atoms in total. The fraction of sp³-hybridized carbons (Fsp3) is 0.273. The van der Waals surface area contributed by atoms with Crippen LogP contribution in [0.5, 0.6) is 5.75 Å². The zero-order chi connectivity index (χ0) is 12.0. The fourth-order valence-corrected chi connectivity index (χ4v) is 1.46. The average molecular weight is 284 g/mol. The van der Waals surface area contributed by atoms with E-state index in [1.165, 1.54) is 6.07 Å². The summed E-state index contributed by atoms with van der Waals surface area (Å²) in [6.45, 7) is 0.382. The molecule has 1 rings (SSSR count). The van der Waals surface area contributed by atoms with Crippen molar-refractivity contribution in [2.45, 2.75) is 12.8 Å². The molecule has 0 aliphatic heterocycles. The van der Waals surface area contributed by atoms with Crippen LogP contribution in [0.4, 0.5) is 5.69 Å². The Kier molecular flexibility index (Phi) is 4.80. The van der Waals surface area contributed by atoms with E-state index in [0.29, 0.717) is 23.9 Å². The molecule has 5 heteroatoms. The Hall–Kier alpha value is -1.54. The second-order valence-corrected chi connectivity index (χ2v) is 3.94. The van der Waals surface area contributed by atoms with Gasteiger partial charge in [-0.1, -0.05) is 15.9 Å². The number of benzene rings is 1. The lowest BCUT2D eigenvalue weighted by atomic mass is 10.3. The normalized spacial score (nSPS) is 9.50. The van der Waals surface area contributed by atoms with Crippen LogP contribution in [0.3, 0.4) is 0 Å². The van der Waals surface area contributed by atoms with Gasteiger partial charge in [-0.25, -0.2) is 0 Å². The van der Waals surface area contributed by atoms with Crippen LogP contribution in [-0.2, 0) is 0 Å². The summed E-state index contributed by atoms with van der Waals surface area (Å²) in [6.07, 6.45) is 6.37. The average Bonchev–Trinajstić information content (AvgIpc) is 2.26. The molecule has 0 fully saturated rings. The Morgan fingerprint density at radius 3 is 2.94 bits per heavy atom. The summed E-state index contributed by atoms with van der Waals surface area (Å²) in [7, 11) is 0. The summed E-state index contributed by atoms with van der Waals surface area (Å²) in [6, 6.07) is 4.68. The summed E-state index contributed by atoms with van der Waals surface area (Å²) in [4.78, 5) is 10.3. The topological polar surface area (TPSA) is 52.4 Å². The van der Waals surface area contributed by atoms with Gasteiger partial charge in [-0.3, -0.25) is 10.1 Å². The van der Waals surface area contributed by atoms with Crippen LogP contribution >= 0.6 is 15.9 Å². The zero-order valence-electron chi connectivity index (χ0n) is 8.48. The van der Waals surface area contributed by atoms with Gasteiger partial charge in [0.1, 0.15) is 0 Å². The molecule has 0 saturated heterocycles. The molecule has 84 valence electrons.